The van der Waals surface area contributed by atoms with Gasteiger partial charge in [0.1, 0.15) is 0 Å². The first-order chi connectivity index (χ1) is 10.7. The molecular formula is C17H16N2O2S. The van der Waals surface area contributed by atoms with Crippen LogP contribution in [0.4, 0.5) is 10.5 Å². The number of terminal acetylenes is 1. The molecule has 0 atom stereocenters. The number of carbonyl (C=O) groups is 2. The van der Waals surface area contributed by atoms with Crippen LogP contribution in [-0.2, 0) is 4.79 Å². The summed E-state index contributed by atoms with van der Waals surface area (Å²) in [6.45, 7) is 2.23. The Labute approximate surface area is 134 Å². The van der Waals surface area contributed by atoms with Crippen LogP contribution in [0.3, 0.4) is 0 Å². The lowest BCUT2D eigenvalue weighted by molar-refractivity contribution is -0.122. The molecule has 0 radical (unpaired) electrons. The Kier molecular flexibility index (Phi) is 4.21. The Bertz CT molecular complexity index is 667. The predicted octanol–water partition coefficient (Wildman–Crippen LogP) is 2.96. The summed E-state index contributed by atoms with van der Waals surface area (Å²) in [5.41, 5.74) is 2.12. The summed E-state index contributed by atoms with van der Waals surface area (Å²) >= 11 is 0.939. The Balaban J connectivity index is 1.76. The first kappa shape index (κ1) is 14.7. The fourth-order valence-electron chi connectivity index (χ4n) is 2.64. The second-order valence-corrected chi connectivity index (χ2v) is 6.25. The van der Waals surface area contributed by atoms with Crippen molar-refractivity contribution < 1.29 is 9.59 Å². The van der Waals surface area contributed by atoms with Gasteiger partial charge in [-0.25, -0.2) is 0 Å². The molecule has 0 bridgehead atoms. The molecule has 2 saturated heterocycles. The number of imide groups is 1. The van der Waals surface area contributed by atoms with Crippen LogP contribution >= 0.6 is 11.8 Å². The molecule has 4 nitrogen and oxygen atoms in total. The van der Waals surface area contributed by atoms with E-state index in [9.17, 15) is 9.59 Å². The molecule has 0 spiro atoms. The Hall–Kier alpha value is -2.19. The second kappa shape index (κ2) is 6.29. The summed E-state index contributed by atoms with van der Waals surface area (Å²) in [6.07, 6.45) is 9.40. The SMILES string of the molecule is C#CCN1C(=O)S/C(=C\c2ccc(N3CCCC3)cc2)C1=O. The van der Waals surface area contributed by atoms with E-state index >= 15 is 0 Å². The number of thioether (sulfide) groups is 1. The zero-order valence-corrected chi connectivity index (χ0v) is 12.9. The van der Waals surface area contributed by atoms with Crippen LogP contribution in [0.2, 0.25) is 0 Å². The lowest BCUT2D eigenvalue weighted by Crippen LogP contribution is -2.28. The first-order valence-corrected chi connectivity index (χ1v) is 8.04. The molecule has 1 aromatic rings. The third kappa shape index (κ3) is 2.88. The van der Waals surface area contributed by atoms with Gasteiger partial charge < -0.3 is 4.90 Å². The van der Waals surface area contributed by atoms with Gasteiger partial charge in [0.05, 0.1) is 11.4 Å². The van der Waals surface area contributed by atoms with Gasteiger partial charge in [-0.3, -0.25) is 14.5 Å². The fraction of sp³-hybridized carbons (Fsp3) is 0.294. The van der Waals surface area contributed by atoms with Crippen LogP contribution in [0.1, 0.15) is 18.4 Å². The standard InChI is InChI=1S/C17H16N2O2S/c1-2-9-19-16(20)15(22-17(19)21)12-13-5-7-14(8-6-13)18-10-3-4-11-18/h1,5-8,12H,3-4,9-11H2/b15-12-. The smallest absolute Gasteiger partial charge is 0.294 e. The van der Waals surface area contributed by atoms with Crippen molar-refractivity contribution in [3.05, 3.63) is 34.7 Å². The van der Waals surface area contributed by atoms with E-state index in [-0.39, 0.29) is 17.7 Å². The lowest BCUT2D eigenvalue weighted by atomic mass is 10.2. The Morgan fingerprint density at radius 2 is 1.86 bits per heavy atom. The van der Waals surface area contributed by atoms with Gasteiger partial charge in [-0.2, -0.15) is 0 Å². The third-order valence-corrected chi connectivity index (χ3v) is 4.69. The normalized spacial score (nSPS) is 20.0. The van der Waals surface area contributed by atoms with Crippen LogP contribution in [0.15, 0.2) is 29.2 Å². The molecule has 0 saturated carbocycles. The maximum absolute atomic E-state index is 12.1. The molecule has 2 amide bonds. The van der Waals surface area contributed by atoms with Crippen molar-refractivity contribution in [2.75, 3.05) is 24.5 Å². The van der Waals surface area contributed by atoms with Crippen molar-refractivity contribution >= 4 is 34.7 Å². The third-order valence-electron chi connectivity index (χ3n) is 3.79. The molecule has 5 heteroatoms. The highest BCUT2D eigenvalue weighted by Crippen LogP contribution is 2.32. The van der Waals surface area contributed by atoms with Gasteiger partial charge in [0.15, 0.2) is 0 Å². The minimum Gasteiger partial charge on any atom is -0.372 e. The number of hydrogen-bond donors (Lipinski definition) is 0. The molecule has 0 N–H and O–H groups in total. The minimum atomic E-state index is -0.309. The van der Waals surface area contributed by atoms with E-state index in [1.807, 2.05) is 12.1 Å². The number of rotatable bonds is 3. The summed E-state index contributed by atoms with van der Waals surface area (Å²) in [4.78, 5) is 27.7. The molecule has 2 aliphatic heterocycles. The molecule has 2 aliphatic rings. The zero-order valence-electron chi connectivity index (χ0n) is 12.1. The largest absolute Gasteiger partial charge is 0.372 e. The molecule has 0 unspecified atom stereocenters. The van der Waals surface area contributed by atoms with Crippen LogP contribution in [0.25, 0.3) is 6.08 Å². The molecule has 0 aliphatic carbocycles. The number of anilines is 1. The highest BCUT2D eigenvalue weighted by molar-refractivity contribution is 8.18. The highest BCUT2D eigenvalue weighted by Gasteiger charge is 2.34. The second-order valence-electron chi connectivity index (χ2n) is 5.26. The molecule has 3 rings (SSSR count). The summed E-state index contributed by atoms with van der Waals surface area (Å²) in [5, 5.41) is -0.303. The molecule has 22 heavy (non-hydrogen) atoms. The van der Waals surface area contributed by atoms with E-state index in [0.29, 0.717) is 4.91 Å². The fourth-order valence-corrected chi connectivity index (χ4v) is 3.47. The number of benzene rings is 1. The van der Waals surface area contributed by atoms with Gasteiger partial charge in [0.25, 0.3) is 11.1 Å². The molecule has 1 aromatic carbocycles. The van der Waals surface area contributed by atoms with E-state index in [1.54, 1.807) is 6.08 Å². The molecule has 2 fully saturated rings. The van der Waals surface area contributed by atoms with Gasteiger partial charge >= 0.3 is 0 Å². The average Bonchev–Trinajstić information content (AvgIpc) is 3.13. The van der Waals surface area contributed by atoms with Gasteiger partial charge in [-0.05, 0) is 48.4 Å². The number of nitrogens with zero attached hydrogens (tertiary/aromatic N) is 2. The van der Waals surface area contributed by atoms with Crippen molar-refractivity contribution in [1.29, 1.82) is 0 Å². The zero-order chi connectivity index (χ0) is 15.5. The van der Waals surface area contributed by atoms with Crippen LogP contribution in [-0.4, -0.2) is 35.7 Å². The topological polar surface area (TPSA) is 40.6 Å². The molecule has 0 aromatic heterocycles. The predicted molar refractivity (Wildman–Crippen MR) is 89.4 cm³/mol. The van der Waals surface area contributed by atoms with Gasteiger partial charge in [0, 0.05) is 18.8 Å². The van der Waals surface area contributed by atoms with Crippen molar-refractivity contribution in [1.82, 2.24) is 4.90 Å². The Morgan fingerprint density at radius 3 is 2.50 bits per heavy atom. The van der Waals surface area contributed by atoms with Crippen molar-refractivity contribution in [3.8, 4) is 12.3 Å². The van der Waals surface area contributed by atoms with E-state index in [4.69, 9.17) is 6.42 Å². The molecule has 2 heterocycles. The van der Waals surface area contributed by atoms with Crippen LogP contribution in [0, 0.1) is 12.3 Å². The molecular weight excluding hydrogens is 296 g/mol. The number of carbonyl (C=O) groups excluding carboxylic acids is 2. The monoisotopic (exact) mass is 312 g/mol. The molecule has 112 valence electrons. The average molecular weight is 312 g/mol. The Morgan fingerprint density at radius 1 is 1.18 bits per heavy atom. The van der Waals surface area contributed by atoms with Crippen molar-refractivity contribution in [2.24, 2.45) is 0 Å². The summed E-state index contributed by atoms with van der Waals surface area (Å²) in [6, 6.07) is 8.07. The first-order valence-electron chi connectivity index (χ1n) is 7.23. The van der Waals surface area contributed by atoms with E-state index in [2.05, 4.69) is 23.0 Å². The van der Waals surface area contributed by atoms with Crippen LogP contribution < -0.4 is 4.90 Å². The van der Waals surface area contributed by atoms with Crippen LogP contribution in [0.5, 0.6) is 0 Å². The summed E-state index contributed by atoms with van der Waals surface area (Å²) in [7, 11) is 0. The minimum absolute atomic E-state index is 0.0237. The van der Waals surface area contributed by atoms with Gasteiger partial charge in [0.2, 0.25) is 0 Å². The maximum Gasteiger partial charge on any atom is 0.294 e. The van der Waals surface area contributed by atoms with E-state index in [0.717, 1.165) is 35.3 Å². The van der Waals surface area contributed by atoms with Gasteiger partial charge in [-0.1, -0.05) is 18.1 Å². The number of hydrogen-bond acceptors (Lipinski definition) is 4. The lowest BCUT2D eigenvalue weighted by Gasteiger charge is -2.17. The van der Waals surface area contributed by atoms with Gasteiger partial charge in [-0.15, -0.1) is 6.42 Å². The highest BCUT2D eigenvalue weighted by atomic mass is 32.2. The summed E-state index contributed by atoms with van der Waals surface area (Å²) < 4.78 is 0. The van der Waals surface area contributed by atoms with E-state index in [1.165, 1.54) is 18.5 Å². The van der Waals surface area contributed by atoms with E-state index < -0.39 is 0 Å². The van der Waals surface area contributed by atoms with Crippen molar-refractivity contribution in [3.63, 3.8) is 0 Å². The quantitative estimate of drug-likeness (QED) is 0.635. The summed E-state index contributed by atoms with van der Waals surface area (Å²) in [5.74, 6) is 2.02. The maximum atomic E-state index is 12.1. The number of amides is 2. The van der Waals surface area contributed by atoms with Crippen molar-refractivity contribution in [2.45, 2.75) is 12.8 Å².